The lowest BCUT2D eigenvalue weighted by molar-refractivity contribution is -0.384. The lowest BCUT2D eigenvalue weighted by atomic mass is 10.2. The van der Waals surface area contributed by atoms with E-state index < -0.39 is 27.7 Å². The number of hydrogen-bond donors (Lipinski definition) is 2. The van der Waals surface area contributed by atoms with Gasteiger partial charge in [0, 0.05) is 23.9 Å². The molecule has 1 amide bonds. The second-order valence-corrected chi connectivity index (χ2v) is 5.97. The van der Waals surface area contributed by atoms with Crippen LogP contribution in [0.15, 0.2) is 30.3 Å². The zero-order chi connectivity index (χ0) is 19.9. The van der Waals surface area contributed by atoms with Crippen LogP contribution >= 0.6 is 11.6 Å². The molecule has 1 aromatic carbocycles. The Hall–Kier alpha value is -3.34. The second-order valence-electron chi connectivity index (χ2n) is 5.49. The highest BCUT2D eigenvalue weighted by atomic mass is 35.5. The summed E-state index contributed by atoms with van der Waals surface area (Å²) in [5, 5.41) is 22.8. The van der Waals surface area contributed by atoms with Gasteiger partial charge in [0.1, 0.15) is 11.4 Å². The minimum Gasteiger partial charge on any atom is -0.506 e. The highest BCUT2D eigenvalue weighted by Gasteiger charge is 2.32. The number of nitrogens with zero attached hydrogens (tertiary/aromatic N) is 4. The third-order valence-corrected chi connectivity index (χ3v) is 3.71. The fourth-order valence-corrected chi connectivity index (χ4v) is 2.47. The van der Waals surface area contributed by atoms with Crippen molar-refractivity contribution in [3.63, 3.8) is 0 Å². The SMILES string of the molecule is Cc1cc(C(F)(F)Cl)n2nc(C(=O)Nc3cc([N+](=O)[O-])ccc3O)cc2n1. The van der Waals surface area contributed by atoms with Crippen LogP contribution in [0.2, 0.25) is 0 Å². The van der Waals surface area contributed by atoms with Gasteiger partial charge in [0.05, 0.1) is 10.6 Å². The Labute approximate surface area is 154 Å². The molecule has 140 valence electrons. The van der Waals surface area contributed by atoms with Gasteiger partial charge in [-0.05, 0) is 30.7 Å². The van der Waals surface area contributed by atoms with E-state index in [2.05, 4.69) is 15.4 Å². The van der Waals surface area contributed by atoms with Gasteiger partial charge in [0.25, 0.3) is 11.6 Å². The van der Waals surface area contributed by atoms with Crippen LogP contribution in [0.25, 0.3) is 5.65 Å². The Kier molecular flexibility index (Phi) is 4.39. The summed E-state index contributed by atoms with van der Waals surface area (Å²) in [5.41, 5.74) is -1.39. The number of hydrogen-bond acceptors (Lipinski definition) is 6. The molecule has 0 aliphatic heterocycles. The highest BCUT2D eigenvalue weighted by molar-refractivity contribution is 6.21. The number of nitro groups is 1. The highest BCUT2D eigenvalue weighted by Crippen LogP contribution is 2.33. The third kappa shape index (κ3) is 3.62. The Morgan fingerprint density at radius 1 is 1.37 bits per heavy atom. The number of carbonyl (C=O) groups excluding carboxylic acids is 1. The summed E-state index contributed by atoms with van der Waals surface area (Å²) >= 11 is 5.08. The Balaban J connectivity index is 2.00. The van der Waals surface area contributed by atoms with Crippen LogP contribution in [0.4, 0.5) is 20.2 Å². The summed E-state index contributed by atoms with van der Waals surface area (Å²) in [4.78, 5) is 26.4. The number of aryl methyl sites for hydroxylation is 1. The van der Waals surface area contributed by atoms with Gasteiger partial charge in [-0.2, -0.15) is 13.9 Å². The number of alkyl halides is 3. The monoisotopic (exact) mass is 397 g/mol. The van der Waals surface area contributed by atoms with Crippen molar-refractivity contribution in [3.8, 4) is 5.75 Å². The third-order valence-electron chi connectivity index (χ3n) is 3.52. The first-order valence-corrected chi connectivity index (χ1v) is 7.67. The molecular weight excluding hydrogens is 388 g/mol. The van der Waals surface area contributed by atoms with Crippen LogP contribution < -0.4 is 5.32 Å². The summed E-state index contributed by atoms with van der Waals surface area (Å²) in [6.07, 6.45) is 0. The first-order valence-electron chi connectivity index (χ1n) is 7.29. The van der Waals surface area contributed by atoms with Crippen molar-refractivity contribution in [3.05, 3.63) is 57.5 Å². The molecule has 0 unspecified atom stereocenters. The van der Waals surface area contributed by atoms with Gasteiger partial charge >= 0.3 is 5.38 Å². The molecule has 27 heavy (non-hydrogen) atoms. The first kappa shape index (κ1) is 18.5. The number of non-ortho nitro benzene ring substituents is 1. The molecule has 0 bridgehead atoms. The van der Waals surface area contributed by atoms with E-state index in [9.17, 15) is 28.8 Å². The molecule has 2 N–H and O–H groups in total. The Morgan fingerprint density at radius 3 is 2.70 bits per heavy atom. The van der Waals surface area contributed by atoms with Crippen molar-refractivity contribution < 1.29 is 23.6 Å². The largest absolute Gasteiger partial charge is 0.506 e. The van der Waals surface area contributed by atoms with Crippen molar-refractivity contribution in [1.82, 2.24) is 14.6 Å². The molecule has 3 aromatic rings. The number of halogens is 3. The fraction of sp³-hybridized carbons (Fsp3) is 0.133. The summed E-state index contributed by atoms with van der Waals surface area (Å²) in [6.45, 7) is 1.47. The molecule has 0 saturated heterocycles. The molecule has 0 aliphatic rings. The minimum atomic E-state index is -3.75. The Morgan fingerprint density at radius 2 is 2.07 bits per heavy atom. The van der Waals surface area contributed by atoms with Crippen LogP contribution in [0.1, 0.15) is 21.9 Å². The number of rotatable bonds is 4. The van der Waals surface area contributed by atoms with Gasteiger partial charge in [-0.3, -0.25) is 14.9 Å². The second kappa shape index (κ2) is 6.43. The molecule has 2 heterocycles. The number of aromatic hydroxyl groups is 1. The maximum Gasteiger partial charge on any atom is 0.364 e. The molecule has 0 atom stereocenters. The van der Waals surface area contributed by atoms with Crippen LogP contribution in [0.5, 0.6) is 5.75 Å². The van der Waals surface area contributed by atoms with Crippen LogP contribution in [-0.4, -0.2) is 30.5 Å². The normalized spacial score (nSPS) is 11.6. The Bertz CT molecular complexity index is 1080. The van der Waals surface area contributed by atoms with Gasteiger partial charge in [-0.1, -0.05) is 0 Å². The summed E-state index contributed by atoms with van der Waals surface area (Å²) in [5.74, 6) is -1.31. The number of anilines is 1. The number of phenolic OH excluding ortho intramolecular Hbond substituents is 1. The van der Waals surface area contributed by atoms with Crippen LogP contribution in [-0.2, 0) is 5.38 Å². The predicted molar refractivity (Wildman–Crippen MR) is 90.2 cm³/mol. The maximum absolute atomic E-state index is 13.6. The number of benzene rings is 1. The van der Waals surface area contributed by atoms with Gasteiger partial charge in [0.15, 0.2) is 11.3 Å². The number of carbonyl (C=O) groups is 1. The van der Waals surface area contributed by atoms with E-state index in [4.69, 9.17) is 11.6 Å². The predicted octanol–water partition coefficient (Wildman–Crippen LogP) is 3.19. The molecule has 0 saturated carbocycles. The standard InChI is InChI=1S/C15H10ClF2N5O4/c1-7-4-12(15(16,17)18)22-13(19-7)6-10(21-22)14(25)20-9-5-8(23(26)27)2-3-11(9)24/h2-6,24H,1H3,(H,20,25). The first-order chi connectivity index (χ1) is 12.6. The number of amides is 1. The van der Waals surface area contributed by atoms with E-state index in [-0.39, 0.29) is 28.4 Å². The summed E-state index contributed by atoms with van der Waals surface area (Å²) in [6, 6.07) is 5.21. The topological polar surface area (TPSA) is 123 Å². The number of nitro benzene ring substituents is 1. The van der Waals surface area contributed by atoms with Crippen molar-refractivity contribution in [2.75, 3.05) is 5.32 Å². The molecule has 12 heteroatoms. The van der Waals surface area contributed by atoms with Gasteiger partial charge in [0.2, 0.25) is 0 Å². The molecule has 0 radical (unpaired) electrons. The molecule has 3 rings (SSSR count). The van der Waals surface area contributed by atoms with Crippen LogP contribution in [0.3, 0.4) is 0 Å². The van der Waals surface area contributed by atoms with E-state index in [0.29, 0.717) is 0 Å². The van der Waals surface area contributed by atoms with Gasteiger partial charge < -0.3 is 10.4 Å². The minimum absolute atomic E-state index is 0.0428. The van der Waals surface area contributed by atoms with Crippen molar-refractivity contribution in [2.45, 2.75) is 12.3 Å². The smallest absolute Gasteiger partial charge is 0.364 e. The van der Waals surface area contributed by atoms with Gasteiger partial charge in [-0.15, -0.1) is 0 Å². The number of nitrogens with one attached hydrogen (secondary N) is 1. The lowest BCUT2D eigenvalue weighted by Gasteiger charge is -2.10. The van der Waals surface area contributed by atoms with Crippen molar-refractivity contribution in [2.24, 2.45) is 0 Å². The maximum atomic E-state index is 13.6. The average Bonchev–Trinajstić information content (AvgIpc) is 2.98. The zero-order valence-electron chi connectivity index (χ0n) is 13.5. The summed E-state index contributed by atoms with van der Waals surface area (Å²) in [7, 11) is 0. The van der Waals surface area contributed by atoms with E-state index in [1.807, 2.05) is 0 Å². The lowest BCUT2D eigenvalue weighted by Crippen LogP contribution is -2.15. The molecule has 2 aromatic heterocycles. The van der Waals surface area contributed by atoms with E-state index in [1.54, 1.807) is 0 Å². The van der Waals surface area contributed by atoms with E-state index >= 15 is 0 Å². The van der Waals surface area contributed by atoms with E-state index in [0.717, 1.165) is 34.8 Å². The van der Waals surface area contributed by atoms with Crippen LogP contribution in [0, 0.1) is 17.0 Å². The quantitative estimate of drug-likeness (QED) is 0.301. The van der Waals surface area contributed by atoms with Crippen molar-refractivity contribution in [1.29, 1.82) is 0 Å². The van der Waals surface area contributed by atoms with Gasteiger partial charge in [-0.25, -0.2) is 9.50 Å². The molecule has 9 nitrogen and oxygen atoms in total. The number of aromatic nitrogens is 3. The van der Waals surface area contributed by atoms with E-state index in [1.165, 1.54) is 6.92 Å². The number of phenols is 1. The fourth-order valence-electron chi connectivity index (χ4n) is 2.34. The number of fused-ring (bicyclic) bond motifs is 1. The molecular formula is C15H10ClF2N5O4. The average molecular weight is 398 g/mol. The van der Waals surface area contributed by atoms with Crippen molar-refractivity contribution >= 4 is 34.5 Å². The molecule has 0 aliphatic carbocycles. The molecule has 0 spiro atoms. The summed E-state index contributed by atoms with van der Waals surface area (Å²) < 4.78 is 27.9. The zero-order valence-corrected chi connectivity index (χ0v) is 14.2. The molecule has 0 fully saturated rings.